The Labute approximate surface area is 235 Å². The normalized spacial score (nSPS) is 15.3. The van der Waals surface area contributed by atoms with Crippen LogP contribution >= 0.6 is 11.3 Å². The summed E-state index contributed by atoms with van der Waals surface area (Å²) in [6.07, 6.45) is 4.54. The summed E-state index contributed by atoms with van der Waals surface area (Å²) in [5.74, 6) is 1.02. The second kappa shape index (κ2) is 12.2. The van der Waals surface area contributed by atoms with Crippen LogP contribution in [-0.2, 0) is 16.4 Å². The summed E-state index contributed by atoms with van der Waals surface area (Å²) in [6.45, 7) is 5.47. The number of hydrazone groups is 1. The number of benzene rings is 3. The summed E-state index contributed by atoms with van der Waals surface area (Å²) in [5, 5.41) is 6.93. The Morgan fingerprint density at radius 3 is 2.36 bits per heavy atom. The van der Waals surface area contributed by atoms with Gasteiger partial charge in [0.05, 0.1) is 16.8 Å². The van der Waals surface area contributed by atoms with E-state index in [-0.39, 0.29) is 0 Å². The molecule has 8 heteroatoms. The fourth-order valence-electron chi connectivity index (χ4n) is 4.83. The Hall–Kier alpha value is -3.33. The summed E-state index contributed by atoms with van der Waals surface area (Å²) in [6, 6.07) is 25.8. The zero-order valence-corrected chi connectivity index (χ0v) is 24.0. The van der Waals surface area contributed by atoms with Gasteiger partial charge in [-0.2, -0.15) is 9.41 Å². The minimum Gasteiger partial charge on any atom is -0.253 e. The molecule has 0 bridgehead atoms. The molecule has 0 unspecified atom stereocenters. The average molecular weight is 559 g/mol. The van der Waals surface area contributed by atoms with E-state index in [1.54, 1.807) is 22.7 Å². The number of rotatable bonds is 9. The van der Waals surface area contributed by atoms with E-state index in [9.17, 15) is 8.42 Å². The zero-order chi connectivity index (χ0) is 27.2. The van der Waals surface area contributed by atoms with Crippen molar-refractivity contribution in [1.29, 1.82) is 0 Å². The standard InChI is InChI=1S/C31H34N4O2S2/c1-23(2)27-10-8-26(9-11-27)21-32-34-31-33-30(22-38-31)28-12-14-29(15-13-28)39(36,37)35-18-16-25(17-19-35)20-24-6-4-3-5-7-24/h3-15,21-23,25H,16-20H2,1-2H3,(H,33,34). The largest absolute Gasteiger partial charge is 0.253 e. The molecule has 5 rings (SSSR count). The van der Waals surface area contributed by atoms with Crippen LogP contribution in [0.2, 0.25) is 0 Å². The van der Waals surface area contributed by atoms with Crippen LogP contribution in [0.1, 0.15) is 49.3 Å². The Balaban J connectivity index is 1.16. The first kappa shape index (κ1) is 27.2. The Morgan fingerprint density at radius 1 is 1.00 bits per heavy atom. The molecule has 0 saturated carbocycles. The van der Waals surface area contributed by atoms with Crippen molar-refractivity contribution < 1.29 is 8.42 Å². The SMILES string of the molecule is CC(C)c1ccc(C=NNc2nc(-c3ccc(S(=O)(=O)N4CCC(Cc5ccccc5)CC4)cc3)cs2)cc1. The smallest absolute Gasteiger partial charge is 0.243 e. The van der Waals surface area contributed by atoms with Gasteiger partial charge in [0.15, 0.2) is 0 Å². The van der Waals surface area contributed by atoms with E-state index in [4.69, 9.17) is 0 Å². The van der Waals surface area contributed by atoms with Crippen molar-refractivity contribution >= 4 is 32.7 Å². The zero-order valence-electron chi connectivity index (χ0n) is 22.3. The van der Waals surface area contributed by atoms with Gasteiger partial charge in [0.2, 0.25) is 15.2 Å². The summed E-state index contributed by atoms with van der Waals surface area (Å²) < 4.78 is 28.2. The molecule has 0 radical (unpaired) electrons. The maximum atomic E-state index is 13.3. The van der Waals surface area contributed by atoms with E-state index in [0.29, 0.717) is 35.0 Å². The lowest BCUT2D eigenvalue weighted by molar-refractivity contribution is 0.273. The maximum Gasteiger partial charge on any atom is 0.243 e. The van der Waals surface area contributed by atoms with E-state index >= 15 is 0 Å². The molecule has 1 N–H and O–H groups in total. The number of nitrogens with one attached hydrogen (secondary N) is 1. The van der Waals surface area contributed by atoms with Crippen LogP contribution in [0.15, 0.2) is 94.2 Å². The van der Waals surface area contributed by atoms with Gasteiger partial charge >= 0.3 is 0 Å². The minimum absolute atomic E-state index is 0.328. The summed E-state index contributed by atoms with van der Waals surface area (Å²) in [4.78, 5) is 4.94. The lowest BCUT2D eigenvalue weighted by Gasteiger charge is -2.31. The van der Waals surface area contributed by atoms with Crippen LogP contribution in [0, 0.1) is 5.92 Å². The van der Waals surface area contributed by atoms with E-state index in [1.165, 1.54) is 22.5 Å². The molecule has 2 heterocycles. The second-order valence-electron chi connectivity index (χ2n) is 10.3. The lowest BCUT2D eigenvalue weighted by Crippen LogP contribution is -2.38. The minimum atomic E-state index is -3.51. The van der Waals surface area contributed by atoms with Gasteiger partial charge in [-0.3, -0.25) is 5.43 Å². The third kappa shape index (κ3) is 6.82. The third-order valence-corrected chi connectivity index (χ3v) is 9.87. The van der Waals surface area contributed by atoms with Crippen LogP contribution in [0.25, 0.3) is 11.3 Å². The molecule has 1 fully saturated rings. The van der Waals surface area contributed by atoms with Crippen molar-refractivity contribution in [1.82, 2.24) is 9.29 Å². The molecule has 4 aromatic rings. The van der Waals surface area contributed by atoms with Gasteiger partial charge in [-0.25, -0.2) is 13.4 Å². The lowest BCUT2D eigenvalue weighted by atomic mass is 9.91. The topological polar surface area (TPSA) is 74.7 Å². The number of thiazole rings is 1. The highest BCUT2D eigenvalue weighted by atomic mass is 32.2. The fourth-order valence-corrected chi connectivity index (χ4v) is 6.97. The monoisotopic (exact) mass is 558 g/mol. The number of hydrogen-bond acceptors (Lipinski definition) is 6. The maximum absolute atomic E-state index is 13.3. The van der Waals surface area contributed by atoms with Crippen molar-refractivity contribution in [2.24, 2.45) is 11.0 Å². The number of anilines is 1. The molecule has 202 valence electrons. The first-order valence-electron chi connectivity index (χ1n) is 13.4. The molecular weight excluding hydrogens is 525 g/mol. The highest BCUT2D eigenvalue weighted by molar-refractivity contribution is 7.89. The highest BCUT2D eigenvalue weighted by Crippen LogP contribution is 2.29. The molecule has 0 amide bonds. The molecule has 0 atom stereocenters. The number of nitrogens with zero attached hydrogens (tertiary/aromatic N) is 3. The molecule has 0 spiro atoms. The molecule has 1 saturated heterocycles. The summed E-state index contributed by atoms with van der Waals surface area (Å²) in [7, 11) is -3.51. The Morgan fingerprint density at radius 2 is 1.69 bits per heavy atom. The second-order valence-corrected chi connectivity index (χ2v) is 13.1. The van der Waals surface area contributed by atoms with Crippen molar-refractivity contribution in [2.75, 3.05) is 18.5 Å². The fraction of sp³-hybridized carbons (Fsp3) is 0.290. The van der Waals surface area contributed by atoms with Crippen molar-refractivity contribution in [2.45, 2.75) is 43.9 Å². The van der Waals surface area contributed by atoms with Gasteiger partial charge in [-0.1, -0.05) is 80.6 Å². The van der Waals surface area contributed by atoms with Crippen molar-refractivity contribution in [3.05, 3.63) is 101 Å². The van der Waals surface area contributed by atoms with Gasteiger partial charge in [-0.05, 0) is 59.9 Å². The molecule has 1 aliphatic heterocycles. The van der Waals surface area contributed by atoms with E-state index in [0.717, 1.165) is 36.1 Å². The summed E-state index contributed by atoms with van der Waals surface area (Å²) in [5.41, 5.74) is 8.27. The van der Waals surface area contributed by atoms with Crippen LogP contribution < -0.4 is 5.43 Å². The number of aromatic nitrogens is 1. The Bertz CT molecular complexity index is 1490. The van der Waals surface area contributed by atoms with Crippen molar-refractivity contribution in [3.63, 3.8) is 0 Å². The van der Waals surface area contributed by atoms with Crippen molar-refractivity contribution in [3.8, 4) is 11.3 Å². The highest BCUT2D eigenvalue weighted by Gasteiger charge is 2.29. The predicted octanol–water partition coefficient (Wildman–Crippen LogP) is 7.02. The van der Waals surface area contributed by atoms with Crippen LogP contribution in [-0.4, -0.2) is 37.0 Å². The number of piperidine rings is 1. The average Bonchev–Trinajstić information content (AvgIpc) is 3.43. The molecule has 0 aliphatic carbocycles. The molecule has 1 aliphatic rings. The van der Waals surface area contributed by atoms with E-state index in [1.807, 2.05) is 23.6 Å². The molecule has 39 heavy (non-hydrogen) atoms. The van der Waals surface area contributed by atoms with Crippen LogP contribution in [0.4, 0.5) is 5.13 Å². The van der Waals surface area contributed by atoms with Gasteiger partial charge in [0, 0.05) is 24.0 Å². The summed E-state index contributed by atoms with van der Waals surface area (Å²) >= 11 is 1.46. The van der Waals surface area contributed by atoms with Gasteiger partial charge < -0.3 is 0 Å². The van der Waals surface area contributed by atoms with E-state index in [2.05, 4.69) is 77.9 Å². The number of sulfonamides is 1. The van der Waals surface area contributed by atoms with Crippen LogP contribution in [0.5, 0.6) is 0 Å². The van der Waals surface area contributed by atoms with E-state index < -0.39 is 10.0 Å². The van der Waals surface area contributed by atoms with Crippen LogP contribution in [0.3, 0.4) is 0 Å². The van der Waals surface area contributed by atoms with Gasteiger partial charge in [-0.15, -0.1) is 11.3 Å². The first-order chi connectivity index (χ1) is 18.9. The molecular formula is C31H34N4O2S2. The molecule has 1 aromatic heterocycles. The molecule has 6 nitrogen and oxygen atoms in total. The first-order valence-corrected chi connectivity index (χ1v) is 15.7. The predicted molar refractivity (Wildman–Crippen MR) is 161 cm³/mol. The third-order valence-electron chi connectivity index (χ3n) is 7.21. The van der Waals surface area contributed by atoms with Gasteiger partial charge in [0.1, 0.15) is 0 Å². The quantitative estimate of drug-likeness (QED) is 0.177. The molecule has 3 aromatic carbocycles. The van der Waals surface area contributed by atoms with Gasteiger partial charge in [0.25, 0.3) is 0 Å². The Kier molecular flexibility index (Phi) is 8.55. The number of hydrogen-bond donors (Lipinski definition) is 1.